The maximum absolute atomic E-state index is 14.6. The van der Waals surface area contributed by atoms with Crippen molar-refractivity contribution in [1.82, 2.24) is 15.0 Å². The molecule has 3 aromatic rings. The Hall–Kier alpha value is -3.10. The predicted molar refractivity (Wildman–Crippen MR) is 105 cm³/mol. The van der Waals surface area contributed by atoms with E-state index in [4.69, 9.17) is 21.2 Å². The molecule has 1 aromatic heterocycles. The first kappa shape index (κ1) is 19.7. The van der Waals surface area contributed by atoms with Gasteiger partial charge in [0.2, 0.25) is 5.95 Å². The molecule has 0 radical (unpaired) electrons. The molecule has 28 heavy (non-hydrogen) atoms. The minimum absolute atomic E-state index is 0.0581. The fourth-order valence-corrected chi connectivity index (χ4v) is 2.93. The van der Waals surface area contributed by atoms with Gasteiger partial charge in [-0.25, -0.2) is 14.9 Å². The molecule has 0 aliphatic rings. The van der Waals surface area contributed by atoms with E-state index in [1.165, 1.54) is 6.26 Å². The highest BCUT2D eigenvalue weighted by atomic mass is 35.5. The number of aromatic nitrogens is 2. The first-order valence-corrected chi connectivity index (χ1v) is 8.72. The molecule has 2 aromatic carbocycles. The molecule has 0 bridgehead atoms. The van der Waals surface area contributed by atoms with Crippen LogP contribution in [0.25, 0.3) is 11.0 Å². The lowest BCUT2D eigenvalue weighted by Crippen LogP contribution is -2.26. The normalized spacial score (nSPS) is 10.7. The SMILES string of the molecule is C=COCCONC(=O)c1cc(F)c2nc(Nc3ccccc3)n(C)c2c1Cl. The van der Waals surface area contributed by atoms with Gasteiger partial charge in [-0.1, -0.05) is 36.4 Å². The molecule has 2 N–H and O–H groups in total. The van der Waals surface area contributed by atoms with Gasteiger partial charge in [0.25, 0.3) is 5.91 Å². The van der Waals surface area contributed by atoms with Crippen LogP contribution in [0, 0.1) is 5.82 Å². The number of carbonyl (C=O) groups is 1. The number of hydrogen-bond acceptors (Lipinski definition) is 5. The lowest BCUT2D eigenvalue weighted by Gasteiger charge is -2.09. The van der Waals surface area contributed by atoms with Crippen LogP contribution in [-0.2, 0) is 16.6 Å². The van der Waals surface area contributed by atoms with Gasteiger partial charge >= 0.3 is 0 Å². The highest BCUT2D eigenvalue weighted by Crippen LogP contribution is 2.32. The number of carbonyl (C=O) groups excluding carboxylic acids is 1. The second kappa shape index (κ2) is 8.73. The Bertz CT molecular complexity index is 1010. The van der Waals surface area contributed by atoms with E-state index in [1.54, 1.807) is 11.6 Å². The van der Waals surface area contributed by atoms with Crippen LogP contribution >= 0.6 is 11.6 Å². The number of anilines is 2. The van der Waals surface area contributed by atoms with Crippen molar-refractivity contribution in [1.29, 1.82) is 0 Å². The summed E-state index contributed by atoms with van der Waals surface area (Å²) in [5.74, 6) is -0.961. The summed E-state index contributed by atoms with van der Waals surface area (Å²) < 4.78 is 21.1. The number of hydrogen-bond donors (Lipinski definition) is 2. The van der Waals surface area contributed by atoms with Crippen molar-refractivity contribution in [3.8, 4) is 0 Å². The number of nitrogens with zero attached hydrogens (tertiary/aromatic N) is 2. The number of halogens is 2. The van der Waals surface area contributed by atoms with Crippen molar-refractivity contribution in [2.75, 3.05) is 18.5 Å². The summed E-state index contributed by atoms with van der Waals surface area (Å²) in [6.07, 6.45) is 1.26. The van der Waals surface area contributed by atoms with Crippen molar-refractivity contribution in [2.24, 2.45) is 7.05 Å². The second-order valence-corrected chi connectivity index (χ2v) is 6.10. The Morgan fingerprint density at radius 3 is 2.82 bits per heavy atom. The van der Waals surface area contributed by atoms with E-state index in [0.717, 1.165) is 11.8 Å². The topological polar surface area (TPSA) is 77.4 Å². The maximum Gasteiger partial charge on any atom is 0.276 e. The zero-order valence-electron chi connectivity index (χ0n) is 15.0. The summed E-state index contributed by atoms with van der Waals surface area (Å²) in [5.41, 5.74) is 3.28. The number of imidazole rings is 1. The van der Waals surface area contributed by atoms with Crippen LogP contribution in [0.4, 0.5) is 16.0 Å². The van der Waals surface area contributed by atoms with Crippen LogP contribution in [0.3, 0.4) is 0 Å². The van der Waals surface area contributed by atoms with Gasteiger partial charge in [0.05, 0.1) is 22.4 Å². The Kier molecular flexibility index (Phi) is 6.13. The average Bonchev–Trinajstić information content (AvgIpc) is 3.02. The molecule has 0 unspecified atom stereocenters. The number of benzene rings is 2. The molecule has 0 saturated carbocycles. The second-order valence-electron chi connectivity index (χ2n) is 5.72. The summed E-state index contributed by atoms with van der Waals surface area (Å²) in [7, 11) is 1.68. The number of fused-ring (bicyclic) bond motifs is 1. The number of amides is 1. The highest BCUT2D eigenvalue weighted by molar-refractivity contribution is 6.38. The number of nitrogens with one attached hydrogen (secondary N) is 2. The van der Waals surface area contributed by atoms with Crippen LogP contribution in [-0.4, -0.2) is 28.7 Å². The van der Waals surface area contributed by atoms with Crippen molar-refractivity contribution in [2.45, 2.75) is 0 Å². The molecule has 0 aliphatic carbocycles. The van der Waals surface area contributed by atoms with Gasteiger partial charge in [0, 0.05) is 12.7 Å². The van der Waals surface area contributed by atoms with Crippen LogP contribution < -0.4 is 10.8 Å². The molecule has 0 saturated heterocycles. The molecular weight excluding hydrogens is 387 g/mol. The first-order chi connectivity index (χ1) is 13.5. The van der Waals surface area contributed by atoms with E-state index < -0.39 is 11.7 Å². The highest BCUT2D eigenvalue weighted by Gasteiger charge is 2.22. The van der Waals surface area contributed by atoms with E-state index in [2.05, 4.69) is 22.4 Å². The predicted octanol–water partition coefficient (Wildman–Crippen LogP) is 3.93. The van der Waals surface area contributed by atoms with Gasteiger partial charge in [-0.2, -0.15) is 0 Å². The monoisotopic (exact) mass is 404 g/mol. The average molecular weight is 405 g/mol. The van der Waals surface area contributed by atoms with Crippen LogP contribution in [0.2, 0.25) is 5.02 Å². The minimum Gasteiger partial charge on any atom is -0.499 e. The summed E-state index contributed by atoms with van der Waals surface area (Å²) in [6, 6.07) is 10.3. The molecular formula is C19H18ClFN4O3. The fourth-order valence-electron chi connectivity index (χ4n) is 2.57. The summed E-state index contributed by atoms with van der Waals surface area (Å²) in [6.45, 7) is 3.69. The van der Waals surface area contributed by atoms with E-state index in [-0.39, 0.29) is 29.3 Å². The molecule has 0 spiro atoms. The number of ether oxygens (including phenoxy) is 1. The van der Waals surface area contributed by atoms with E-state index >= 15 is 0 Å². The van der Waals surface area contributed by atoms with Gasteiger partial charge < -0.3 is 14.6 Å². The zero-order valence-corrected chi connectivity index (χ0v) is 15.8. The smallest absolute Gasteiger partial charge is 0.276 e. The Morgan fingerprint density at radius 2 is 2.11 bits per heavy atom. The standard InChI is InChI=1S/C19H18ClFN4O3/c1-3-27-9-10-28-24-18(26)13-11-14(21)16-17(15(13)20)25(2)19(23-16)22-12-7-5-4-6-8-12/h3-8,11H,1,9-10H2,2H3,(H,22,23)(H,24,26). The molecule has 146 valence electrons. The third-order valence-electron chi connectivity index (χ3n) is 3.90. The van der Waals surface area contributed by atoms with E-state index in [9.17, 15) is 9.18 Å². The van der Waals surface area contributed by atoms with Crippen LogP contribution in [0.15, 0.2) is 49.2 Å². The number of aryl methyl sites for hydroxylation is 1. The van der Waals surface area contributed by atoms with Crippen LogP contribution in [0.1, 0.15) is 10.4 Å². The summed E-state index contributed by atoms with van der Waals surface area (Å²) in [5, 5.41) is 3.16. The number of rotatable bonds is 8. The molecule has 0 atom stereocenters. The first-order valence-electron chi connectivity index (χ1n) is 8.34. The molecule has 0 aliphatic heterocycles. The van der Waals surface area contributed by atoms with Crippen molar-refractivity contribution >= 4 is 40.2 Å². The Morgan fingerprint density at radius 1 is 1.36 bits per heavy atom. The van der Waals surface area contributed by atoms with E-state index in [1.807, 2.05) is 30.3 Å². The van der Waals surface area contributed by atoms with Crippen molar-refractivity contribution in [3.05, 3.63) is 65.6 Å². The van der Waals surface area contributed by atoms with Gasteiger partial charge in [-0.05, 0) is 18.2 Å². The molecule has 7 nitrogen and oxygen atoms in total. The lowest BCUT2D eigenvalue weighted by molar-refractivity contribution is 0.0144. The third kappa shape index (κ3) is 4.08. The number of hydroxylamine groups is 1. The maximum atomic E-state index is 14.6. The zero-order chi connectivity index (χ0) is 20.1. The summed E-state index contributed by atoms with van der Waals surface area (Å²) in [4.78, 5) is 21.6. The minimum atomic E-state index is -0.678. The van der Waals surface area contributed by atoms with Gasteiger partial charge in [0.1, 0.15) is 18.7 Å². The Balaban J connectivity index is 1.88. The summed E-state index contributed by atoms with van der Waals surface area (Å²) >= 11 is 6.38. The lowest BCUT2D eigenvalue weighted by atomic mass is 10.1. The van der Waals surface area contributed by atoms with Crippen LogP contribution in [0.5, 0.6) is 0 Å². The molecule has 1 heterocycles. The largest absolute Gasteiger partial charge is 0.499 e. The molecule has 0 fully saturated rings. The van der Waals surface area contributed by atoms with Gasteiger partial charge in [0.15, 0.2) is 5.82 Å². The van der Waals surface area contributed by atoms with Gasteiger partial charge in [-0.15, -0.1) is 0 Å². The quantitative estimate of drug-likeness (QED) is 0.338. The van der Waals surface area contributed by atoms with Crippen molar-refractivity contribution in [3.63, 3.8) is 0 Å². The Labute approximate surface area is 165 Å². The molecule has 9 heteroatoms. The number of para-hydroxylation sites is 1. The van der Waals surface area contributed by atoms with Gasteiger partial charge in [-0.3, -0.25) is 9.63 Å². The van der Waals surface area contributed by atoms with E-state index in [0.29, 0.717) is 11.5 Å². The van der Waals surface area contributed by atoms with Crippen molar-refractivity contribution < 1.29 is 18.8 Å². The molecule has 1 amide bonds. The molecule has 3 rings (SSSR count). The third-order valence-corrected chi connectivity index (χ3v) is 4.28. The fraction of sp³-hybridized carbons (Fsp3) is 0.158.